The van der Waals surface area contributed by atoms with Crippen LogP contribution >= 0.6 is 0 Å². The van der Waals surface area contributed by atoms with Crippen LogP contribution in [0.2, 0.25) is 0 Å². The number of carbonyl (C=O) groups is 5. The highest BCUT2D eigenvalue weighted by Gasteiger charge is 2.55. The molecule has 1 heterocycles. The molecule has 1 aliphatic carbocycles. The van der Waals surface area contributed by atoms with Gasteiger partial charge in [-0.25, -0.2) is 9.59 Å². The van der Waals surface area contributed by atoms with Crippen LogP contribution in [0, 0.1) is 5.92 Å². The van der Waals surface area contributed by atoms with Crippen molar-refractivity contribution in [2.75, 3.05) is 13.2 Å². The predicted molar refractivity (Wildman–Crippen MR) is 79.3 cm³/mol. The lowest BCUT2D eigenvalue weighted by atomic mass is 9.73. The van der Waals surface area contributed by atoms with E-state index in [1.165, 1.54) is 0 Å². The van der Waals surface area contributed by atoms with Crippen molar-refractivity contribution in [1.29, 1.82) is 0 Å². The van der Waals surface area contributed by atoms with Gasteiger partial charge in [-0.15, -0.1) is 0 Å². The van der Waals surface area contributed by atoms with E-state index in [0.717, 1.165) is 24.2 Å². The standard InChI is InChI=1S/C14H20N4O6/c1-8-4-2-3-5-14(8)11(21)18(13(23)17-14)6-10(20)24-7-9(19)16-12(15)22/h8H,2-7H2,1H3,(H,17,23)(H3,15,16,19,22)/t8-,14+/m0/s1. The molecule has 2 fully saturated rings. The monoisotopic (exact) mass is 340 g/mol. The first kappa shape index (κ1) is 17.7. The quantitative estimate of drug-likeness (QED) is 0.452. The molecule has 6 amide bonds. The van der Waals surface area contributed by atoms with E-state index in [4.69, 9.17) is 5.73 Å². The molecule has 1 spiro atoms. The number of hydrogen-bond donors (Lipinski definition) is 3. The van der Waals surface area contributed by atoms with E-state index in [1.54, 1.807) is 5.32 Å². The number of imide groups is 2. The Balaban J connectivity index is 1.94. The van der Waals surface area contributed by atoms with Gasteiger partial charge in [0.05, 0.1) is 0 Å². The number of nitrogens with two attached hydrogens (primary N) is 1. The Labute approximate surface area is 138 Å². The third-order valence-corrected chi connectivity index (χ3v) is 4.42. The Morgan fingerprint density at radius 3 is 2.71 bits per heavy atom. The van der Waals surface area contributed by atoms with Gasteiger partial charge in [0.25, 0.3) is 11.8 Å². The van der Waals surface area contributed by atoms with Crippen LogP contribution in [0.15, 0.2) is 0 Å². The first-order chi connectivity index (χ1) is 11.3. The average Bonchev–Trinajstić information content (AvgIpc) is 2.73. The highest BCUT2D eigenvalue weighted by Crippen LogP contribution is 2.38. The van der Waals surface area contributed by atoms with Crippen molar-refractivity contribution >= 4 is 29.8 Å². The lowest BCUT2D eigenvalue weighted by molar-refractivity contribution is -0.151. The third kappa shape index (κ3) is 3.47. The molecule has 10 nitrogen and oxygen atoms in total. The fourth-order valence-electron chi connectivity index (χ4n) is 3.13. The summed E-state index contributed by atoms with van der Waals surface area (Å²) >= 11 is 0. The maximum atomic E-state index is 12.6. The van der Waals surface area contributed by atoms with Crippen LogP contribution in [0.1, 0.15) is 32.6 Å². The highest BCUT2D eigenvalue weighted by atomic mass is 16.5. The molecule has 2 aliphatic rings. The average molecular weight is 340 g/mol. The summed E-state index contributed by atoms with van der Waals surface area (Å²) in [6, 6.07) is -1.72. The fraction of sp³-hybridized carbons (Fsp3) is 0.643. The van der Waals surface area contributed by atoms with Crippen molar-refractivity contribution in [1.82, 2.24) is 15.5 Å². The largest absolute Gasteiger partial charge is 0.454 e. The van der Waals surface area contributed by atoms with Crippen LogP contribution in [-0.4, -0.2) is 53.4 Å². The molecule has 24 heavy (non-hydrogen) atoms. The number of ether oxygens (including phenoxy) is 1. The number of nitrogens with zero attached hydrogens (tertiary/aromatic N) is 1. The number of esters is 1. The summed E-state index contributed by atoms with van der Waals surface area (Å²) in [5.74, 6) is -2.30. The number of amides is 6. The number of hydrogen-bond acceptors (Lipinski definition) is 6. The van der Waals surface area contributed by atoms with Gasteiger partial charge in [-0.1, -0.05) is 19.8 Å². The van der Waals surface area contributed by atoms with E-state index in [1.807, 2.05) is 6.92 Å². The van der Waals surface area contributed by atoms with Crippen molar-refractivity contribution < 1.29 is 28.7 Å². The Bertz CT molecular complexity index is 592. The van der Waals surface area contributed by atoms with E-state index in [0.29, 0.717) is 6.42 Å². The van der Waals surface area contributed by atoms with E-state index < -0.39 is 48.5 Å². The van der Waals surface area contributed by atoms with Gasteiger partial charge in [-0.2, -0.15) is 0 Å². The zero-order valence-corrected chi connectivity index (χ0v) is 13.3. The molecule has 1 saturated carbocycles. The smallest absolute Gasteiger partial charge is 0.326 e. The summed E-state index contributed by atoms with van der Waals surface area (Å²) in [6.45, 7) is 0.573. The highest BCUT2D eigenvalue weighted by molar-refractivity contribution is 6.09. The summed E-state index contributed by atoms with van der Waals surface area (Å²) in [7, 11) is 0. The van der Waals surface area contributed by atoms with Crippen LogP contribution in [-0.2, 0) is 19.1 Å². The molecule has 0 bridgehead atoms. The van der Waals surface area contributed by atoms with Crippen LogP contribution < -0.4 is 16.4 Å². The number of nitrogens with one attached hydrogen (secondary N) is 2. The van der Waals surface area contributed by atoms with Crippen LogP contribution in [0.25, 0.3) is 0 Å². The third-order valence-electron chi connectivity index (χ3n) is 4.42. The molecule has 2 atom stereocenters. The number of urea groups is 2. The van der Waals surface area contributed by atoms with Crippen molar-refractivity contribution in [3.63, 3.8) is 0 Å². The molecular weight excluding hydrogens is 320 g/mol. The van der Waals surface area contributed by atoms with Crippen LogP contribution in [0.3, 0.4) is 0 Å². The second kappa shape index (κ2) is 6.85. The van der Waals surface area contributed by atoms with Gasteiger partial charge >= 0.3 is 18.0 Å². The number of primary amides is 1. The molecule has 0 radical (unpaired) electrons. The van der Waals surface area contributed by atoms with E-state index in [9.17, 15) is 24.0 Å². The molecule has 0 unspecified atom stereocenters. The van der Waals surface area contributed by atoms with Gasteiger partial charge in [0.15, 0.2) is 6.61 Å². The van der Waals surface area contributed by atoms with Crippen LogP contribution in [0.4, 0.5) is 9.59 Å². The zero-order valence-electron chi connectivity index (χ0n) is 13.3. The first-order valence-corrected chi connectivity index (χ1v) is 7.65. The van der Waals surface area contributed by atoms with Crippen molar-refractivity contribution in [2.24, 2.45) is 11.7 Å². The molecule has 1 saturated heterocycles. The predicted octanol–water partition coefficient (Wildman–Crippen LogP) is -0.775. The van der Waals surface area contributed by atoms with Gasteiger partial charge in [0.1, 0.15) is 12.1 Å². The molecule has 0 aromatic rings. The topological polar surface area (TPSA) is 148 Å². The fourth-order valence-corrected chi connectivity index (χ4v) is 3.13. The molecule has 4 N–H and O–H groups in total. The van der Waals surface area contributed by atoms with Gasteiger partial charge in [0.2, 0.25) is 0 Å². The van der Waals surface area contributed by atoms with Gasteiger partial charge in [-0.3, -0.25) is 24.6 Å². The molecule has 1 aliphatic heterocycles. The van der Waals surface area contributed by atoms with Crippen LogP contribution in [0.5, 0.6) is 0 Å². The molecule has 132 valence electrons. The van der Waals surface area contributed by atoms with Gasteiger partial charge in [-0.05, 0) is 18.8 Å². The summed E-state index contributed by atoms with van der Waals surface area (Å²) < 4.78 is 4.63. The Kier molecular flexibility index (Phi) is 5.05. The number of carbonyl (C=O) groups excluding carboxylic acids is 5. The molecule has 10 heteroatoms. The molecule has 2 rings (SSSR count). The lowest BCUT2D eigenvalue weighted by Crippen LogP contribution is -2.54. The van der Waals surface area contributed by atoms with Crippen molar-refractivity contribution in [3.05, 3.63) is 0 Å². The van der Waals surface area contributed by atoms with Crippen molar-refractivity contribution in [2.45, 2.75) is 38.1 Å². The molecule has 0 aromatic carbocycles. The summed E-state index contributed by atoms with van der Waals surface area (Å²) in [5.41, 5.74) is 3.78. The normalized spacial score (nSPS) is 26.2. The molecule has 0 aromatic heterocycles. The minimum atomic E-state index is -1.07. The number of rotatable bonds is 4. The Hall–Kier alpha value is -2.65. The second-order valence-corrected chi connectivity index (χ2v) is 6.01. The summed E-state index contributed by atoms with van der Waals surface area (Å²) in [4.78, 5) is 58.9. The Morgan fingerprint density at radius 1 is 1.38 bits per heavy atom. The lowest BCUT2D eigenvalue weighted by Gasteiger charge is -2.36. The zero-order chi connectivity index (χ0) is 17.9. The van der Waals surface area contributed by atoms with Gasteiger partial charge < -0.3 is 15.8 Å². The summed E-state index contributed by atoms with van der Waals surface area (Å²) in [5, 5.41) is 4.43. The van der Waals surface area contributed by atoms with Crippen molar-refractivity contribution in [3.8, 4) is 0 Å². The second-order valence-electron chi connectivity index (χ2n) is 6.01. The van der Waals surface area contributed by atoms with E-state index >= 15 is 0 Å². The first-order valence-electron chi connectivity index (χ1n) is 7.65. The maximum absolute atomic E-state index is 12.6. The minimum Gasteiger partial charge on any atom is -0.454 e. The van der Waals surface area contributed by atoms with Gasteiger partial charge in [0, 0.05) is 0 Å². The van der Waals surface area contributed by atoms with E-state index in [-0.39, 0.29) is 5.92 Å². The SMILES string of the molecule is C[C@H]1CCCC[C@@]12NC(=O)N(CC(=O)OCC(=O)NC(N)=O)C2=O. The summed E-state index contributed by atoms with van der Waals surface area (Å²) in [6.07, 6.45) is 3.16. The Morgan fingerprint density at radius 2 is 2.08 bits per heavy atom. The molecular formula is C14H20N4O6. The minimum absolute atomic E-state index is 0.0231. The maximum Gasteiger partial charge on any atom is 0.326 e. The van der Waals surface area contributed by atoms with E-state index in [2.05, 4.69) is 10.1 Å².